The Morgan fingerprint density at radius 1 is 1.21 bits per heavy atom. The molecule has 0 spiro atoms. The van der Waals surface area contributed by atoms with Gasteiger partial charge in [-0.2, -0.15) is 0 Å². The minimum absolute atomic E-state index is 0.322. The van der Waals surface area contributed by atoms with Crippen molar-refractivity contribution in [3.05, 3.63) is 58.7 Å². The molecule has 3 heterocycles. The van der Waals surface area contributed by atoms with Crippen molar-refractivity contribution in [3.63, 3.8) is 0 Å². The summed E-state index contributed by atoms with van der Waals surface area (Å²) in [6.07, 6.45) is 3.40. The van der Waals surface area contributed by atoms with Crippen LogP contribution in [0, 0.1) is 0 Å². The molecule has 6 heteroatoms. The van der Waals surface area contributed by atoms with E-state index in [1.54, 1.807) is 12.4 Å². The van der Waals surface area contributed by atoms with E-state index in [4.69, 9.17) is 16.3 Å². The summed E-state index contributed by atoms with van der Waals surface area (Å²) < 4.78 is 5.80. The second kappa shape index (κ2) is 5.85. The summed E-state index contributed by atoms with van der Waals surface area (Å²) in [7, 11) is 1.38. The van der Waals surface area contributed by atoms with Gasteiger partial charge in [-0.1, -0.05) is 17.7 Å². The third kappa shape index (κ3) is 2.52. The van der Waals surface area contributed by atoms with Crippen LogP contribution in [0.2, 0.25) is 5.02 Å². The van der Waals surface area contributed by atoms with Gasteiger partial charge in [0.1, 0.15) is 4.88 Å². The van der Waals surface area contributed by atoms with Gasteiger partial charge in [0, 0.05) is 28.0 Å². The lowest BCUT2D eigenvalue weighted by Crippen LogP contribution is -1.96. The first-order valence-electron chi connectivity index (χ1n) is 7.18. The molecular weight excluding hydrogens is 344 g/mol. The zero-order chi connectivity index (χ0) is 16.7. The van der Waals surface area contributed by atoms with Crippen molar-refractivity contribution in [2.75, 3.05) is 7.11 Å². The molecule has 0 radical (unpaired) electrons. The molecule has 0 saturated carbocycles. The lowest BCUT2D eigenvalue weighted by molar-refractivity contribution is 0.0606. The number of methoxy groups -OCH3 is 1. The normalized spacial score (nSPS) is 11.1. The van der Waals surface area contributed by atoms with Crippen molar-refractivity contribution in [2.45, 2.75) is 0 Å². The van der Waals surface area contributed by atoms with Crippen LogP contribution in [0.15, 0.2) is 48.8 Å². The van der Waals surface area contributed by atoms with Crippen LogP contribution in [0.25, 0.3) is 32.2 Å². The average molecular weight is 355 g/mol. The van der Waals surface area contributed by atoms with Crippen LogP contribution in [0.3, 0.4) is 0 Å². The molecule has 0 unspecified atom stereocenters. The zero-order valence-corrected chi connectivity index (χ0v) is 14.2. The molecule has 0 amide bonds. The minimum atomic E-state index is -0.322. The molecule has 0 fully saturated rings. The van der Waals surface area contributed by atoms with E-state index in [0.29, 0.717) is 9.90 Å². The molecule has 4 aromatic rings. The van der Waals surface area contributed by atoms with Crippen LogP contribution in [0.4, 0.5) is 0 Å². The standard InChI is InChI=1S/C18H11ClN2O2S/c1-23-18(22)17-7-11-6-10(2-3-16(11)24-17)15-8-13(19)12-9-20-5-4-14(12)21-15/h2-9H,1H3. The van der Waals surface area contributed by atoms with E-state index in [0.717, 1.165) is 32.2 Å². The number of benzene rings is 1. The predicted octanol–water partition coefficient (Wildman–Crippen LogP) is 4.95. The van der Waals surface area contributed by atoms with Crippen molar-refractivity contribution >= 4 is 49.9 Å². The summed E-state index contributed by atoms with van der Waals surface area (Å²) in [5, 5.41) is 2.42. The van der Waals surface area contributed by atoms with Gasteiger partial charge in [-0.25, -0.2) is 9.78 Å². The number of carbonyl (C=O) groups excluding carboxylic acids is 1. The Bertz CT molecular complexity index is 1090. The Morgan fingerprint density at radius 2 is 2.08 bits per heavy atom. The number of esters is 1. The number of halogens is 1. The predicted molar refractivity (Wildman–Crippen MR) is 96.7 cm³/mol. The van der Waals surface area contributed by atoms with Crippen LogP contribution >= 0.6 is 22.9 Å². The molecule has 3 aromatic heterocycles. The molecular formula is C18H11ClN2O2S. The smallest absolute Gasteiger partial charge is 0.348 e. The van der Waals surface area contributed by atoms with E-state index in [1.807, 2.05) is 36.4 Å². The lowest BCUT2D eigenvalue weighted by Gasteiger charge is -2.05. The first-order chi connectivity index (χ1) is 11.7. The number of hydrogen-bond acceptors (Lipinski definition) is 5. The molecule has 24 heavy (non-hydrogen) atoms. The third-order valence-electron chi connectivity index (χ3n) is 3.76. The van der Waals surface area contributed by atoms with Crippen LogP contribution < -0.4 is 0 Å². The fourth-order valence-corrected chi connectivity index (χ4v) is 3.79. The molecule has 4 nitrogen and oxygen atoms in total. The Hall–Kier alpha value is -2.50. The van der Waals surface area contributed by atoms with Crippen molar-refractivity contribution in [1.82, 2.24) is 9.97 Å². The number of nitrogens with zero attached hydrogens (tertiary/aromatic N) is 2. The fraction of sp³-hybridized carbons (Fsp3) is 0.0556. The van der Waals surface area contributed by atoms with Gasteiger partial charge in [0.25, 0.3) is 0 Å². The molecule has 0 aliphatic rings. The SMILES string of the molecule is COC(=O)c1cc2cc(-c3cc(Cl)c4cnccc4n3)ccc2s1. The van der Waals surface area contributed by atoms with E-state index < -0.39 is 0 Å². The minimum Gasteiger partial charge on any atom is -0.465 e. The van der Waals surface area contributed by atoms with Crippen molar-refractivity contribution in [1.29, 1.82) is 0 Å². The number of rotatable bonds is 2. The van der Waals surface area contributed by atoms with Gasteiger partial charge in [0.2, 0.25) is 0 Å². The van der Waals surface area contributed by atoms with Crippen molar-refractivity contribution in [3.8, 4) is 11.3 Å². The van der Waals surface area contributed by atoms with Gasteiger partial charge >= 0.3 is 5.97 Å². The summed E-state index contributed by atoms with van der Waals surface area (Å²) >= 11 is 7.77. The third-order valence-corrected chi connectivity index (χ3v) is 5.17. The number of fused-ring (bicyclic) bond motifs is 2. The highest BCUT2D eigenvalue weighted by Crippen LogP contribution is 2.32. The maximum atomic E-state index is 11.7. The van der Waals surface area contributed by atoms with E-state index >= 15 is 0 Å². The summed E-state index contributed by atoms with van der Waals surface area (Å²) in [6, 6.07) is 11.5. The summed E-state index contributed by atoms with van der Waals surface area (Å²) in [5.41, 5.74) is 2.52. The summed E-state index contributed by atoms with van der Waals surface area (Å²) in [4.78, 5) is 21.0. The first-order valence-corrected chi connectivity index (χ1v) is 8.38. The van der Waals surface area contributed by atoms with Gasteiger partial charge < -0.3 is 4.74 Å². The maximum Gasteiger partial charge on any atom is 0.348 e. The fourth-order valence-electron chi connectivity index (χ4n) is 2.58. The van der Waals surface area contributed by atoms with E-state index in [1.165, 1.54) is 18.4 Å². The first kappa shape index (κ1) is 15.1. The van der Waals surface area contributed by atoms with Crippen LogP contribution in [0.1, 0.15) is 9.67 Å². The molecule has 0 N–H and O–H groups in total. The highest BCUT2D eigenvalue weighted by molar-refractivity contribution is 7.20. The van der Waals surface area contributed by atoms with Crippen molar-refractivity contribution in [2.24, 2.45) is 0 Å². The second-order valence-electron chi connectivity index (χ2n) is 5.24. The zero-order valence-electron chi connectivity index (χ0n) is 12.6. The van der Waals surface area contributed by atoms with Crippen molar-refractivity contribution < 1.29 is 9.53 Å². The number of pyridine rings is 2. The van der Waals surface area contributed by atoms with Gasteiger partial charge in [-0.15, -0.1) is 11.3 Å². The van der Waals surface area contributed by atoms with Gasteiger partial charge in [0.05, 0.1) is 23.3 Å². The number of ether oxygens (including phenoxy) is 1. The highest BCUT2D eigenvalue weighted by atomic mass is 35.5. The van der Waals surface area contributed by atoms with Gasteiger partial charge in [0.15, 0.2) is 0 Å². The molecule has 0 bridgehead atoms. The topological polar surface area (TPSA) is 52.1 Å². The van der Waals surface area contributed by atoms with E-state index in [2.05, 4.69) is 9.97 Å². The molecule has 0 atom stereocenters. The monoisotopic (exact) mass is 354 g/mol. The highest BCUT2D eigenvalue weighted by Gasteiger charge is 2.12. The number of aromatic nitrogens is 2. The van der Waals surface area contributed by atoms with Gasteiger partial charge in [-0.05, 0) is 35.7 Å². The molecule has 0 saturated heterocycles. The Morgan fingerprint density at radius 3 is 2.92 bits per heavy atom. The lowest BCUT2D eigenvalue weighted by atomic mass is 10.1. The summed E-state index contributed by atoms with van der Waals surface area (Å²) in [5.74, 6) is -0.322. The second-order valence-corrected chi connectivity index (χ2v) is 6.73. The van der Waals surface area contributed by atoms with E-state index in [9.17, 15) is 4.79 Å². The number of carbonyl (C=O) groups is 1. The van der Waals surface area contributed by atoms with E-state index in [-0.39, 0.29) is 5.97 Å². The molecule has 0 aliphatic heterocycles. The number of hydrogen-bond donors (Lipinski definition) is 0. The molecule has 118 valence electrons. The van der Waals surface area contributed by atoms with Crippen LogP contribution in [0.5, 0.6) is 0 Å². The Labute approximate surface area is 146 Å². The number of thiophene rings is 1. The van der Waals surface area contributed by atoms with Crippen LogP contribution in [-0.2, 0) is 4.74 Å². The Balaban J connectivity index is 1.85. The molecule has 4 rings (SSSR count). The van der Waals surface area contributed by atoms with Gasteiger partial charge in [-0.3, -0.25) is 4.98 Å². The Kier molecular flexibility index (Phi) is 3.67. The quantitative estimate of drug-likeness (QED) is 0.478. The maximum absolute atomic E-state index is 11.7. The average Bonchev–Trinajstić information content (AvgIpc) is 3.04. The molecule has 1 aromatic carbocycles. The largest absolute Gasteiger partial charge is 0.465 e. The van der Waals surface area contributed by atoms with Crippen LogP contribution in [-0.4, -0.2) is 23.0 Å². The molecule has 0 aliphatic carbocycles. The summed E-state index contributed by atoms with van der Waals surface area (Å²) in [6.45, 7) is 0.